The van der Waals surface area contributed by atoms with Gasteiger partial charge in [-0.3, -0.25) is 9.69 Å². The number of unbranched alkanes of at least 4 members (excludes halogenated alkanes) is 2. The summed E-state index contributed by atoms with van der Waals surface area (Å²) in [7, 11) is 3.04. The van der Waals surface area contributed by atoms with Crippen molar-refractivity contribution in [2.75, 3.05) is 40.6 Å². The van der Waals surface area contributed by atoms with E-state index in [0.29, 0.717) is 47.1 Å². The van der Waals surface area contributed by atoms with Crippen LogP contribution in [-0.4, -0.2) is 85.7 Å². The molecule has 0 radical (unpaired) electrons. The van der Waals surface area contributed by atoms with Crippen LogP contribution in [0.3, 0.4) is 0 Å². The maximum Gasteiger partial charge on any atom is 0.410 e. The van der Waals surface area contributed by atoms with E-state index in [1.807, 2.05) is 42.5 Å². The predicted molar refractivity (Wildman–Crippen MR) is 237 cm³/mol. The number of rotatable bonds is 20. The molecular weight excluding hydrogens is 789 g/mol. The normalized spacial score (nSPS) is 23.0. The minimum absolute atomic E-state index is 0.0120. The fraction of sp³-hybridized carbons (Fsp3) is 0.420. The molecule has 2 N–H and O–H groups in total. The van der Waals surface area contributed by atoms with Crippen LogP contribution in [0, 0.1) is 17.8 Å². The van der Waals surface area contributed by atoms with Crippen LogP contribution >= 0.6 is 0 Å². The summed E-state index contributed by atoms with van der Waals surface area (Å²) in [5.41, 5.74) is 3.79. The molecule has 12 nitrogen and oxygen atoms in total. The van der Waals surface area contributed by atoms with Crippen molar-refractivity contribution in [3.8, 4) is 23.0 Å². The fourth-order valence-corrected chi connectivity index (χ4v) is 9.95. The standard InChI is InChI=1S/C50H58N2O10/c1-5-26-60-50-46(52(49(56)59-6-2)31-35-17-13-16-33-14-7-8-18-39(33)35)30-43(51-58-4)41-28-34(15-9-11-24-53)40(19-10-12-25-54)47(48(41)50)42-29-38(21-23-45(42)62-50)61-37-20-22-44(57-3)36(27-37)32-55/h5,7-8,13-14,16-18,20-23,27-29,32,34,40,46-48,53-54H,1,6,9-12,15,19,24-26,30-31H2,2-4H3. The summed E-state index contributed by atoms with van der Waals surface area (Å²) in [6, 6.07) is 24.2. The van der Waals surface area contributed by atoms with Crippen molar-refractivity contribution in [2.24, 2.45) is 22.9 Å². The van der Waals surface area contributed by atoms with Gasteiger partial charge in [0.2, 0.25) is 5.79 Å². The van der Waals surface area contributed by atoms with E-state index in [1.54, 1.807) is 36.1 Å². The molecule has 6 unspecified atom stereocenters. The van der Waals surface area contributed by atoms with E-state index in [1.165, 1.54) is 14.2 Å². The van der Waals surface area contributed by atoms with Crippen molar-refractivity contribution in [1.82, 2.24) is 4.90 Å². The van der Waals surface area contributed by atoms with Crippen molar-refractivity contribution in [1.29, 1.82) is 0 Å². The number of aldehydes is 1. The number of oxime groups is 1. The molecule has 3 aliphatic rings. The average molecular weight is 847 g/mol. The molecule has 1 heterocycles. The fourth-order valence-electron chi connectivity index (χ4n) is 9.95. The number of aliphatic hydroxyl groups excluding tert-OH is 2. The molecule has 7 rings (SSSR count). The molecule has 0 bridgehead atoms. The number of nitrogens with zero attached hydrogens (tertiary/aromatic N) is 2. The summed E-state index contributed by atoms with van der Waals surface area (Å²) in [6.45, 7) is 6.47. The second-order valence-electron chi connectivity index (χ2n) is 16.0. The lowest BCUT2D eigenvalue weighted by Gasteiger charge is -2.59. The van der Waals surface area contributed by atoms with Crippen LogP contribution in [0.15, 0.2) is 108 Å². The number of amides is 1. The van der Waals surface area contributed by atoms with Gasteiger partial charge in [-0.15, -0.1) is 6.58 Å². The monoisotopic (exact) mass is 846 g/mol. The van der Waals surface area contributed by atoms with Crippen LogP contribution in [-0.2, 0) is 20.9 Å². The molecular formula is C50H58N2O10. The van der Waals surface area contributed by atoms with Gasteiger partial charge in [-0.1, -0.05) is 72.6 Å². The van der Waals surface area contributed by atoms with Crippen LogP contribution in [0.1, 0.15) is 79.3 Å². The van der Waals surface area contributed by atoms with E-state index in [2.05, 4.69) is 30.9 Å². The Kier molecular flexibility index (Phi) is 14.6. The SMILES string of the molecule is C=CCOC12Oc3ccc(Oc4ccc(OC)c(C=O)c4)cc3C3C(CCCCO)C(CCCCO)C=C(C(=NOC)CC1N(Cc1cccc4ccccc14)C(=O)OCC)C32. The van der Waals surface area contributed by atoms with E-state index in [9.17, 15) is 19.8 Å². The Morgan fingerprint density at radius 3 is 2.47 bits per heavy atom. The Morgan fingerprint density at radius 2 is 1.73 bits per heavy atom. The van der Waals surface area contributed by atoms with E-state index >= 15 is 0 Å². The van der Waals surface area contributed by atoms with E-state index in [-0.39, 0.29) is 57.1 Å². The lowest BCUT2D eigenvalue weighted by Crippen LogP contribution is -2.70. The highest BCUT2D eigenvalue weighted by Gasteiger charge is 2.65. The molecule has 1 amide bonds. The highest BCUT2D eigenvalue weighted by atomic mass is 16.7. The van der Waals surface area contributed by atoms with Gasteiger partial charge in [0.05, 0.1) is 44.1 Å². The molecule has 1 aliphatic heterocycles. The maximum absolute atomic E-state index is 14.6. The number of carbonyl (C=O) groups is 2. The first-order valence-corrected chi connectivity index (χ1v) is 21.7. The van der Waals surface area contributed by atoms with Crippen LogP contribution in [0.25, 0.3) is 10.8 Å². The van der Waals surface area contributed by atoms with Crippen LogP contribution in [0.2, 0.25) is 0 Å². The highest BCUT2D eigenvalue weighted by molar-refractivity contribution is 6.03. The van der Waals surface area contributed by atoms with Gasteiger partial charge in [0.1, 0.15) is 36.1 Å². The third-order valence-corrected chi connectivity index (χ3v) is 12.5. The third kappa shape index (κ3) is 8.95. The highest BCUT2D eigenvalue weighted by Crippen LogP contribution is 2.62. The first-order valence-electron chi connectivity index (χ1n) is 21.7. The molecule has 0 aromatic heterocycles. The van der Waals surface area contributed by atoms with Crippen molar-refractivity contribution in [3.05, 3.63) is 120 Å². The minimum Gasteiger partial charge on any atom is -0.496 e. The van der Waals surface area contributed by atoms with Gasteiger partial charge < -0.3 is 38.7 Å². The molecule has 4 aromatic rings. The number of hydrogen-bond acceptors (Lipinski definition) is 11. The Bertz CT molecular complexity index is 2270. The van der Waals surface area contributed by atoms with E-state index in [4.69, 9.17) is 33.7 Å². The third-order valence-electron chi connectivity index (χ3n) is 12.5. The maximum atomic E-state index is 14.6. The first-order chi connectivity index (χ1) is 30.3. The zero-order valence-electron chi connectivity index (χ0n) is 35.9. The molecule has 0 spiro atoms. The molecule has 1 saturated carbocycles. The summed E-state index contributed by atoms with van der Waals surface area (Å²) in [6.07, 6.45) is 8.91. The van der Waals surface area contributed by atoms with Gasteiger partial charge in [-0.2, -0.15) is 0 Å². The second-order valence-corrected chi connectivity index (χ2v) is 16.0. The van der Waals surface area contributed by atoms with E-state index in [0.717, 1.165) is 59.4 Å². The molecule has 0 saturated heterocycles. The largest absolute Gasteiger partial charge is 0.496 e. The van der Waals surface area contributed by atoms with Crippen molar-refractivity contribution in [3.63, 3.8) is 0 Å². The first kappa shape index (κ1) is 44.4. The second kappa shape index (κ2) is 20.5. The predicted octanol–water partition coefficient (Wildman–Crippen LogP) is 9.38. The zero-order valence-corrected chi connectivity index (χ0v) is 35.9. The minimum atomic E-state index is -1.47. The lowest BCUT2D eigenvalue weighted by atomic mass is 9.55. The summed E-state index contributed by atoms with van der Waals surface area (Å²) < 4.78 is 32.2. The summed E-state index contributed by atoms with van der Waals surface area (Å²) in [4.78, 5) is 33.9. The Balaban J connectivity index is 1.45. The quantitative estimate of drug-likeness (QED) is 0.0382. The number of methoxy groups -OCH3 is 1. The van der Waals surface area contributed by atoms with Crippen LogP contribution in [0.5, 0.6) is 23.0 Å². The van der Waals surface area contributed by atoms with Gasteiger partial charge in [0, 0.05) is 31.1 Å². The van der Waals surface area contributed by atoms with Gasteiger partial charge >= 0.3 is 6.09 Å². The van der Waals surface area contributed by atoms with Crippen molar-refractivity contribution < 1.29 is 48.3 Å². The number of allylic oxidation sites excluding steroid dienone is 1. The molecule has 328 valence electrons. The molecule has 6 atom stereocenters. The number of fused-ring (bicyclic) bond motifs is 3. The average Bonchev–Trinajstić information content (AvgIpc) is 3.29. The van der Waals surface area contributed by atoms with Crippen molar-refractivity contribution in [2.45, 2.75) is 76.2 Å². The number of hydrogen-bond donors (Lipinski definition) is 2. The summed E-state index contributed by atoms with van der Waals surface area (Å²) in [5, 5.41) is 26.6. The Labute approximate surface area is 363 Å². The number of carbonyl (C=O) groups excluding carboxylic acids is 2. The molecule has 1 fully saturated rings. The summed E-state index contributed by atoms with van der Waals surface area (Å²) >= 11 is 0. The van der Waals surface area contributed by atoms with E-state index < -0.39 is 23.8 Å². The molecule has 62 heavy (non-hydrogen) atoms. The van der Waals surface area contributed by atoms with Gasteiger partial charge in [0.15, 0.2) is 6.29 Å². The topological polar surface area (TPSA) is 146 Å². The smallest absolute Gasteiger partial charge is 0.410 e. The number of benzene rings is 4. The van der Waals surface area contributed by atoms with Gasteiger partial charge in [0.25, 0.3) is 0 Å². The number of ether oxygens (including phenoxy) is 5. The van der Waals surface area contributed by atoms with Crippen molar-refractivity contribution >= 4 is 28.9 Å². The Morgan fingerprint density at radius 1 is 0.968 bits per heavy atom. The number of aliphatic hydroxyl groups is 2. The Hall–Kier alpha value is -5.69. The van der Waals surface area contributed by atoms with Gasteiger partial charge in [-0.25, -0.2) is 4.79 Å². The molecule has 2 aliphatic carbocycles. The van der Waals surface area contributed by atoms with Crippen LogP contribution < -0.4 is 14.2 Å². The van der Waals surface area contributed by atoms with Gasteiger partial charge in [-0.05, 0) is 103 Å². The summed E-state index contributed by atoms with van der Waals surface area (Å²) in [5.74, 6) is -0.156. The molecule has 12 heteroatoms. The molecule has 4 aromatic carbocycles. The zero-order chi connectivity index (χ0) is 43.6. The lowest BCUT2D eigenvalue weighted by molar-refractivity contribution is -0.256. The van der Waals surface area contributed by atoms with Crippen LogP contribution in [0.4, 0.5) is 4.79 Å².